The lowest BCUT2D eigenvalue weighted by Crippen LogP contribution is -1.94. The van der Waals surface area contributed by atoms with Crippen LogP contribution in [0.4, 0.5) is 0 Å². The Morgan fingerprint density at radius 1 is 1.07 bits per heavy atom. The van der Waals surface area contributed by atoms with Crippen LogP contribution in [0.25, 0.3) is 5.57 Å². The van der Waals surface area contributed by atoms with Gasteiger partial charge in [-0.1, -0.05) is 69.3 Å². The zero-order chi connectivity index (χ0) is 11.1. The molecule has 0 heteroatoms. The second-order valence-corrected chi connectivity index (χ2v) is 3.60. The predicted molar refractivity (Wildman–Crippen MR) is 68.7 cm³/mol. The molecule has 0 saturated heterocycles. The maximum atomic E-state index is 2.34. The highest BCUT2D eigenvalue weighted by atomic mass is 14.1. The van der Waals surface area contributed by atoms with E-state index < -0.39 is 0 Å². The van der Waals surface area contributed by atoms with E-state index in [0.717, 1.165) is 0 Å². The van der Waals surface area contributed by atoms with Crippen molar-refractivity contribution in [1.82, 2.24) is 0 Å². The number of hydrogen-bond donors (Lipinski definition) is 0. The highest BCUT2D eigenvalue weighted by Gasteiger charge is 2.04. The van der Waals surface area contributed by atoms with E-state index in [1.807, 2.05) is 13.8 Å². The van der Waals surface area contributed by atoms with E-state index in [-0.39, 0.29) is 0 Å². The second kappa shape index (κ2) is 6.23. The Morgan fingerprint density at radius 2 is 1.73 bits per heavy atom. The molecule has 0 nitrogen and oxygen atoms in total. The summed E-state index contributed by atoms with van der Waals surface area (Å²) in [6, 6.07) is 10.6. The van der Waals surface area contributed by atoms with Gasteiger partial charge in [0.05, 0.1) is 0 Å². The molecule has 0 aromatic heterocycles. The van der Waals surface area contributed by atoms with Crippen LogP contribution in [0.1, 0.15) is 32.8 Å². The van der Waals surface area contributed by atoms with E-state index in [1.54, 1.807) is 0 Å². The van der Waals surface area contributed by atoms with Crippen LogP contribution in [0.2, 0.25) is 0 Å². The van der Waals surface area contributed by atoms with Crippen LogP contribution in [-0.2, 0) is 0 Å². The molecule has 0 spiro atoms. The third-order valence-electron chi connectivity index (χ3n) is 2.38. The summed E-state index contributed by atoms with van der Waals surface area (Å²) in [7, 11) is 0. The topological polar surface area (TPSA) is 0 Å². The monoisotopic (exact) mass is 200 g/mol. The summed E-state index contributed by atoms with van der Waals surface area (Å²) in [6.07, 6.45) is 7.99. The molecule has 0 heterocycles. The molecule has 0 aliphatic heterocycles. The number of benzene rings is 1. The SMILES string of the molecule is CC.CC1C=C(c2ccccc2)C=CC1. The van der Waals surface area contributed by atoms with Gasteiger partial charge in [0, 0.05) is 0 Å². The molecule has 0 N–H and O–H groups in total. The molecule has 1 aliphatic carbocycles. The van der Waals surface area contributed by atoms with Gasteiger partial charge in [0.1, 0.15) is 0 Å². The number of allylic oxidation sites excluding steroid dienone is 4. The normalized spacial score (nSPS) is 18.9. The Balaban J connectivity index is 0.000000531. The fourth-order valence-corrected chi connectivity index (χ4v) is 1.66. The lowest BCUT2D eigenvalue weighted by atomic mass is 9.94. The average molecular weight is 200 g/mol. The van der Waals surface area contributed by atoms with E-state index >= 15 is 0 Å². The van der Waals surface area contributed by atoms with E-state index in [2.05, 4.69) is 55.5 Å². The highest BCUT2D eigenvalue weighted by molar-refractivity contribution is 5.74. The van der Waals surface area contributed by atoms with E-state index in [4.69, 9.17) is 0 Å². The molecule has 1 aromatic carbocycles. The van der Waals surface area contributed by atoms with Crippen molar-refractivity contribution < 1.29 is 0 Å². The summed E-state index contributed by atoms with van der Waals surface area (Å²) in [4.78, 5) is 0. The zero-order valence-corrected chi connectivity index (χ0v) is 9.90. The van der Waals surface area contributed by atoms with Gasteiger partial charge in [-0.15, -0.1) is 0 Å². The van der Waals surface area contributed by atoms with Crippen molar-refractivity contribution in [1.29, 1.82) is 0 Å². The summed E-state index contributed by atoms with van der Waals surface area (Å²) in [6.45, 7) is 6.26. The molecule has 1 unspecified atom stereocenters. The summed E-state index contributed by atoms with van der Waals surface area (Å²) in [5.74, 6) is 0.681. The van der Waals surface area contributed by atoms with E-state index in [9.17, 15) is 0 Å². The Bertz CT molecular complexity index is 330. The largest absolute Gasteiger partial charge is 0.0834 e. The summed E-state index contributed by atoms with van der Waals surface area (Å²) < 4.78 is 0. The second-order valence-electron chi connectivity index (χ2n) is 3.60. The van der Waals surface area contributed by atoms with Crippen LogP contribution in [0.5, 0.6) is 0 Å². The van der Waals surface area contributed by atoms with Gasteiger partial charge < -0.3 is 0 Å². The Labute approximate surface area is 93.3 Å². The van der Waals surface area contributed by atoms with Gasteiger partial charge in [0.25, 0.3) is 0 Å². The molecule has 1 atom stereocenters. The van der Waals surface area contributed by atoms with Crippen molar-refractivity contribution in [3.05, 3.63) is 54.1 Å². The first-order chi connectivity index (χ1) is 7.36. The Kier molecular flexibility index (Phi) is 4.89. The standard InChI is InChI=1S/C13H14.C2H6/c1-11-6-5-9-13(10-11)12-7-3-2-4-8-12;1-2/h2-5,7-11H,6H2,1H3;1-2H3. The predicted octanol–water partition coefficient (Wildman–Crippen LogP) is 4.69. The molecule has 2 rings (SSSR count). The van der Waals surface area contributed by atoms with Crippen LogP contribution in [0, 0.1) is 5.92 Å². The van der Waals surface area contributed by atoms with Crippen molar-refractivity contribution in [2.75, 3.05) is 0 Å². The fourth-order valence-electron chi connectivity index (χ4n) is 1.66. The first kappa shape index (κ1) is 11.8. The van der Waals surface area contributed by atoms with Crippen LogP contribution >= 0.6 is 0 Å². The Hall–Kier alpha value is -1.30. The first-order valence-corrected chi connectivity index (χ1v) is 5.80. The van der Waals surface area contributed by atoms with Crippen LogP contribution < -0.4 is 0 Å². The van der Waals surface area contributed by atoms with Gasteiger partial charge >= 0.3 is 0 Å². The van der Waals surface area contributed by atoms with Crippen molar-refractivity contribution >= 4 is 5.57 Å². The van der Waals surface area contributed by atoms with Crippen LogP contribution in [0.3, 0.4) is 0 Å². The lowest BCUT2D eigenvalue weighted by Gasteiger charge is -2.12. The van der Waals surface area contributed by atoms with E-state index in [1.165, 1.54) is 17.6 Å². The minimum absolute atomic E-state index is 0.681. The molecule has 15 heavy (non-hydrogen) atoms. The molecular formula is C15H20. The molecule has 1 aliphatic rings. The third-order valence-corrected chi connectivity index (χ3v) is 2.38. The molecule has 0 saturated carbocycles. The number of rotatable bonds is 1. The average Bonchev–Trinajstić information content (AvgIpc) is 2.33. The molecule has 0 amide bonds. The lowest BCUT2D eigenvalue weighted by molar-refractivity contribution is 0.740. The minimum atomic E-state index is 0.681. The Morgan fingerprint density at radius 3 is 2.33 bits per heavy atom. The fraction of sp³-hybridized carbons (Fsp3) is 0.333. The van der Waals surface area contributed by atoms with Crippen molar-refractivity contribution in [3.8, 4) is 0 Å². The van der Waals surface area contributed by atoms with Gasteiger partial charge in [-0.05, 0) is 23.5 Å². The van der Waals surface area contributed by atoms with Crippen LogP contribution in [0.15, 0.2) is 48.6 Å². The quantitative estimate of drug-likeness (QED) is 0.617. The van der Waals surface area contributed by atoms with Crippen molar-refractivity contribution in [2.24, 2.45) is 5.92 Å². The van der Waals surface area contributed by atoms with Gasteiger partial charge in [0.15, 0.2) is 0 Å². The first-order valence-electron chi connectivity index (χ1n) is 5.80. The summed E-state index contributed by atoms with van der Waals surface area (Å²) >= 11 is 0. The molecular weight excluding hydrogens is 180 g/mol. The molecule has 80 valence electrons. The molecule has 0 bridgehead atoms. The van der Waals surface area contributed by atoms with Gasteiger partial charge in [-0.25, -0.2) is 0 Å². The molecule has 0 fully saturated rings. The number of hydrogen-bond acceptors (Lipinski definition) is 0. The molecule has 0 radical (unpaired) electrons. The molecule has 1 aromatic rings. The maximum absolute atomic E-state index is 2.34. The van der Waals surface area contributed by atoms with E-state index in [0.29, 0.717) is 5.92 Å². The summed E-state index contributed by atoms with van der Waals surface area (Å²) in [5, 5.41) is 0. The highest BCUT2D eigenvalue weighted by Crippen LogP contribution is 2.23. The maximum Gasteiger partial charge on any atom is -0.0187 e. The van der Waals surface area contributed by atoms with Gasteiger partial charge in [-0.3, -0.25) is 0 Å². The zero-order valence-electron chi connectivity index (χ0n) is 9.90. The van der Waals surface area contributed by atoms with Crippen molar-refractivity contribution in [2.45, 2.75) is 27.2 Å². The smallest absolute Gasteiger partial charge is 0.0187 e. The van der Waals surface area contributed by atoms with Gasteiger partial charge in [-0.2, -0.15) is 0 Å². The summed E-state index contributed by atoms with van der Waals surface area (Å²) in [5.41, 5.74) is 2.68. The van der Waals surface area contributed by atoms with Crippen LogP contribution in [-0.4, -0.2) is 0 Å². The van der Waals surface area contributed by atoms with Gasteiger partial charge in [0.2, 0.25) is 0 Å². The third kappa shape index (κ3) is 3.39. The van der Waals surface area contributed by atoms with Crippen molar-refractivity contribution in [3.63, 3.8) is 0 Å². The minimum Gasteiger partial charge on any atom is -0.0834 e.